The van der Waals surface area contributed by atoms with Crippen molar-refractivity contribution in [3.63, 3.8) is 0 Å². The number of aryl methyl sites for hydroxylation is 4. The summed E-state index contributed by atoms with van der Waals surface area (Å²) in [5.74, 6) is -1.16. The third-order valence-corrected chi connectivity index (χ3v) is 11.3. The maximum Gasteiger partial charge on any atom is 0.276 e. The summed E-state index contributed by atoms with van der Waals surface area (Å²) in [7, 11) is 3.47. The SMILES string of the molecule is CC.CCn1nc(C)cc1C(=O)Nc1nc2cc(C(N)=O)cc(OC)c2n1C/C=C/Cn1c(NC(=O)c2cc(C)nn2CC)nc2cc(C(N)=O)cc(OC/C=C\CN3CCC(NC)CC3)c21. The average Bonchev–Trinajstić information content (AvgIpc) is 4.10. The predicted molar refractivity (Wildman–Crippen MR) is 258 cm³/mol. The number of rotatable bonds is 19. The third kappa shape index (κ3) is 11.2. The predicted octanol–water partition coefficient (Wildman–Crippen LogP) is 5.05. The number of benzene rings is 2. The van der Waals surface area contributed by atoms with E-state index in [1.807, 2.05) is 59.9 Å². The van der Waals surface area contributed by atoms with E-state index in [-0.39, 0.29) is 42.7 Å². The van der Waals surface area contributed by atoms with Gasteiger partial charge in [0.25, 0.3) is 11.8 Å². The number of hydrogen-bond acceptors (Lipinski definition) is 12. The largest absolute Gasteiger partial charge is 0.494 e. The molecule has 67 heavy (non-hydrogen) atoms. The molecule has 1 aliphatic rings. The summed E-state index contributed by atoms with van der Waals surface area (Å²) in [5, 5.41) is 18.1. The normalized spacial score (nSPS) is 13.4. The van der Waals surface area contributed by atoms with Crippen LogP contribution in [0, 0.1) is 13.8 Å². The number of hydrogen-bond donors (Lipinski definition) is 5. The number of amides is 4. The van der Waals surface area contributed by atoms with Gasteiger partial charge in [-0.3, -0.25) is 44.1 Å². The van der Waals surface area contributed by atoms with Crippen LogP contribution in [0.5, 0.6) is 11.5 Å². The Morgan fingerprint density at radius 1 is 0.701 bits per heavy atom. The zero-order valence-corrected chi connectivity index (χ0v) is 39.6. The molecule has 20 nitrogen and oxygen atoms in total. The highest BCUT2D eigenvalue weighted by Crippen LogP contribution is 2.33. The Bertz CT molecular complexity index is 2800. The summed E-state index contributed by atoms with van der Waals surface area (Å²) in [5.41, 5.74) is 15.6. The number of nitrogens with one attached hydrogen (secondary N) is 3. The van der Waals surface area contributed by atoms with Crippen LogP contribution in [0.1, 0.15) is 93.6 Å². The Morgan fingerprint density at radius 3 is 1.61 bits per heavy atom. The Kier molecular flexibility index (Phi) is 16.3. The van der Waals surface area contributed by atoms with E-state index in [0.29, 0.717) is 75.5 Å². The lowest BCUT2D eigenvalue weighted by atomic mass is 10.1. The van der Waals surface area contributed by atoms with Crippen LogP contribution in [0.15, 0.2) is 60.7 Å². The van der Waals surface area contributed by atoms with Crippen molar-refractivity contribution in [1.82, 2.24) is 48.9 Å². The Labute approximate surface area is 389 Å². The molecular formula is C47H62N14O6. The van der Waals surface area contributed by atoms with Gasteiger partial charge in [-0.2, -0.15) is 10.2 Å². The first kappa shape index (κ1) is 49.1. The molecule has 0 saturated carbocycles. The lowest BCUT2D eigenvalue weighted by Gasteiger charge is -2.30. The zero-order chi connectivity index (χ0) is 48.4. The molecule has 7 rings (SSSR count). The standard InChI is InChI=1S/C45H56N14O6.C2H6/c1-7-58-34(21-27(3)53-58)42(62)51-44-49-32-23-29(40(46)60)25-36(64-6)38(32)56(44)16-9-10-17-57-39-33(50-45(57)52-43(63)35-22-28(4)54-59(35)8-2)24-30(41(47)61)26-37(39)65-20-12-11-15-55-18-13-31(48-5)14-19-55;1-2/h9-12,21-26,31,48H,7-8,13-20H2,1-6H3,(H2,46,60)(H2,47,61)(H,49,51,62)(H,50,52,63);1-2H3/b10-9+,12-11-;. The molecule has 0 spiro atoms. The zero-order valence-electron chi connectivity index (χ0n) is 39.6. The number of nitrogens with two attached hydrogens (primary N) is 2. The van der Waals surface area contributed by atoms with Crippen LogP contribution in [0.25, 0.3) is 22.1 Å². The molecule has 1 aliphatic heterocycles. The number of likely N-dealkylation sites (tertiary alicyclic amines) is 1. The average molecular weight is 919 g/mol. The highest BCUT2D eigenvalue weighted by molar-refractivity contribution is 6.05. The first-order valence-corrected chi connectivity index (χ1v) is 22.6. The molecule has 4 amide bonds. The lowest BCUT2D eigenvalue weighted by Crippen LogP contribution is -2.41. The Balaban J connectivity index is 0.00000365. The minimum atomic E-state index is -0.667. The molecule has 20 heteroatoms. The van der Waals surface area contributed by atoms with Gasteiger partial charge in [-0.25, -0.2) is 9.97 Å². The number of nitrogens with zero attached hydrogens (tertiary/aromatic N) is 9. The number of primary amides is 2. The van der Waals surface area contributed by atoms with Crippen molar-refractivity contribution in [2.24, 2.45) is 11.5 Å². The molecule has 0 bridgehead atoms. The van der Waals surface area contributed by atoms with E-state index in [9.17, 15) is 19.2 Å². The van der Waals surface area contributed by atoms with E-state index in [1.165, 1.54) is 13.2 Å². The van der Waals surface area contributed by atoms with Gasteiger partial charge in [-0.1, -0.05) is 38.2 Å². The first-order valence-electron chi connectivity index (χ1n) is 22.6. The smallest absolute Gasteiger partial charge is 0.276 e. The number of anilines is 2. The third-order valence-electron chi connectivity index (χ3n) is 11.3. The summed E-state index contributed by atoms with van der Waals surface area (Å²) in [4.78, 5) is 64.3. The van der Waals surface area contributed by atoms with E-state index in [0.717, 1.165) is 32.5 Å². The van der Waals surface area contributed by atoms with Crippen LogP contribution in [0.3, 0.4) is 0 Å². The van der Waals surface area contributed by atoms with Crippen LogP contribution in [0.4, 0.5) is 11.9 Å². The number of aromatic nitrogens is 8. The monoisotopic (exact) mass is 918 g/mol. The van der Waals surface area contributed by atoms with E-state index in [4.69, 9.17) is 30.9 Å². The number of piperidine rings is 1. The van der Waals surface area contributed by atoms with Gasteiger partial charge < -0.3 is 35.4 Å². The fraction of sp³-hybridized carbons (Fsp3) is 0.404. The molecule has 0 atom stereocenters. The minimum Gasteiger partial charge on any atom is -0.494 e. The number of imidazole rings is 2. The van der Waals surface area contributed by atoms with Gasteiger partial charge in [0, 0.05) is 49.9 Å². The molecule has 0 aliphatic carbocycles. The van der Waals surface area contributed by atoms with Gasteiger partial charge in [0.1, 0.15) is 40.5 Å². The minimum absolute atomic E-state index is 0.162. The fourth-order valence-corrected chi connectivity index (χ4v) is 8.02. The van der Waals surface area contributed by atoms with E-state index < -0.39 is 23.6 Å². The van der Waals surface area contributed by atoms with E-state index >= 15 is 0 Å². The van der Waals surface area contributed by atoms with E-state index in [2.05, 4.69) is 37.1 Å². The number of fused-ring (bicyclic) bond motifs is 2. The highest BCUT2D eigenvalue weighted by Gasteiger charge is 2.24. The maximum atomic E-state index is 13.9. The van der Waals surface area contributed by atoms with Crippen molar-refractivity contribution >= 4 is 57.6 Å². The quantitative estimate of drug-likeness (QED) is 0.0670. The van der Waals surface area contributed by atoms with Gasteiger partial charge in [-0.15, -0.1) is 0 Å². The van der Waals surface area contributed by atoms with Crippen molar-refractivity contribution in [2.75, 3.05) is 51.0 Å². The first-order chi connectivity index (χ1) is 32.3. The topological polar surface area (TPSA) is 249 Å². The number of carbonyl (C=O) groups excluding carboxylic acids is 4. The second-order valence-corrected chi connectivity index (χ2v) is 15.7. The molecule has 0 unspecified atom stereocenters. The molecule has 2 aromatic carbocycles. The van der Waals surface area contributed by atoms with Gasteiger partial charge >= 0.3 is 0 Å². The lowest BCUT2D eigenvalue weighted by molar-refractivity contribution is 0.0991. The van der Waals surface area contributed by atoms with Crippen LogP contribution in [0.2, 0.25) is 0 Å². The summed E-state index contributed by atoms with van der Waals surface area (Å²) in [6.07, 6.45) is 9.90. The summed E-state index contributed by atoms with van der Waals surface area (Å²) < 4.78 is 18.8. The molecular weight excluding hydrogens is 857 g/mol. The maximum absolute atomic E-state index is 13.9. The van der Waals surface area contributed by atoms with Crippen LogP contribution in [-0.4, -0.2) is 114 Å². The van der Waals surface area contributed by atoms with Gasteiger partial charge in [0.2, 0.25) is 23.7 Å². The van der Waals surface area contributed by atoms with Crippen molar-refractivity contribution in [3.8, 4) is 11.5 Å². The Morgan fingerprint density at radius 2 is 1.16 bits per heavy atom. The second kappa shape index (κ2) is 22.2. The van der Waals surface area contributed by atoms with Crippen LogP contribution < -0.4 is 36.9 Å². The van der Waals surface area contributed by atoms with Crippen molar-refractivity contribution in [1.29, 1.82) is 0 Å². The van der Waals surface area contributed by atoms with Crippen LogP contribution in [-0.2, 0) is 26.2 Å². The molecule has 0 radical (unpaired) electrons. The molecule has 1 saturated heterocycles. The van der Waals surface area contributed by atoms with Crippen LogP contribution >= 0.6 is 0 Å². The van der Waals surface area contributed by atoms with Gasteiger partial charge in [-0.05, 0) is 97.1 Å². The number of ether oxygens (including phenoxy) is 2. The second-order valence-electron chi connectivity index (χ2n) is 15.7. The molecule has 4 aromatic heterocycles. The molecule has 1 fully saturated rings. The van der Waals surface area contributed by atoms with Crippen molar-refractivity contribution in [2.45, 2.75) is 86.6 Å². The number of carbonyl (C=O) groups is 4. The van der Waals surface area contributed by atoms with Gasteiger partial charge in [0.05, 0.1) is 29.5 Å². The molecule has 7 N–H and O–H groups in total. The number of methoxy groups -OCH3 is 1. The molecule has 5 heterocycles. The fourth-order valence-electron chi connectivity index (χ4n) is 8.02. The summed E-state index contributed by atoms with van der Waals surface area (Å²) in [6, 6.07) is 10.1. The summed E-state index contributed by atoms with van der Waals surface area (Å²) >= 11 is 0. The van der Waals surface area contributed by atoms with E-state index in [1.54, 1.807) is 55.8 Å². The van der Waals surface area contributed by atoms with Crippen molar-refractivity contribution in [3.05, 3.63) is 94.6 Å². The summed E-state index contributed by atoms with van der Waals surface area (Å²) in [6.45, 7) is 15.7. The Hall–Kier alpha value is -7.32. The highest BCUT2D eigenvalue weighted by atomic mass is 16.5. The molecule has 356 valence electrons. The number of allylic oxidation sites excluding steroid dienone is 2. The van der Waals surface area contributed by atoms with Crippen molar-refractivity contribution < 1.29 is 28.7 Å². The molecule has 6 aromatic rings. The van der Waals surface area contributed by atoms with Gasteiger partial charge in [0.15, 0.2) is 0 Å².